The lowest BCUT2D eigenvalue weighted by Gasteiger charge is -2.11. The Hall–Kier alpha value is -2.03. The highest BCUT2D eigenvalue weighted by Gasteiger charge is 2.27. The van der Waals surface area contributed by atoms with Gasteiger partial charge in [0, 0.05) is 0 Å². The van der Waals surface area contributed by atoms with Crippen LogP contribution in [0.15, 0.2) is 0 Å². The van der Waals surface area contributed by atoms with Gasteiger partial charge in [0.2, 0.25) is 5.91 Å². The summed E-state index contributed by atoms with van der Waals surface area (Å²) in [6.45, 7) is 1.32. The van der Waals surface area contributed by atoms with E-state index in [1.807, 2.05) is 5.32 Å². The molecule has 13 heavy (non-hydrogen) atoms. The van der Waals surface area contributed by atoms with E-state index in [9.17, 15) is 14.4 Å². The lowest BCUT2D eigenvalue weighted by molar-refractivity contribution is -0.120. The Kier molecular flexibility index (Phi) is 2.50. The zero-order valence-electron chi connectivity index (χ0n) is 6.88. The fraction of sp³-hybridized carbons (Fsp3) is 0.286. The fourth-order valence-electron chi connectivity index (χ4n) is 0.796. The highest BCUT2D eigenvalue weighted by molar-refractivity contribution is 6.03. The molecule has 6 nitrogen and oxygen atoms in total. The van der Waals surface area contributed by atoms with Gasteiger partial charge in [-0.3, -0.25) is 20.3 Å². The second kappa shape index (κ2) is 3.58. The molecule has 0 aromatic rings. The van der Waals surface area contributed by atoms with E-state index in [0.717, 1.165) is 5.01 Å². The van der Waals surface area contributed by atoms with Crippen molar-refractivity contribution >= 4 is 17.8 Å². The van der Waals surface area contributed by atoms with E-state index >= 15 is 0 Å². The molecule has 0 atom stereocenters. The average Bonchev–Trinajstić information content (AvgIpc) is 2.30. The molecule has 0 radical (unpaired) electrons. The van der Waals surface area contributed by atoms with Gasteiger partial charge in [0.15, 0.2) is 0 Å². The highest BCUT2D eigenvalue weighted by atomic mass is 16.2. The number of carbonyl (C=O) groups excluding carboxylic acids is 3. The topological polar surface area (TPSA) is 78.5 Å². The first-order valence-corrected chi connectivity index (χ1v) is 3.48. The second-order valence-corrected chi connectivity index (χ2v) is 2.26. The third-order valence-corrected chi connectivity index (χ3v) is 1.27. The summed E-state index contributed by atoms with van der Waals surface area (Å²) >= 11 is 0. The van der Waals surface area contributed by atoms with Crippen molar-refractivity contribution in [1.29, 1.82) is 0 Å². The maximum absolute atomic E-state index is 10.9. The van der Waals surface area contributed by atoms with Crippen molar-refractivity contribution in [2.75, 3.05) is 6.54 Å². The molecule has 0 saturated carbocycles. The molecule has 1 fully saturated rings. The summed E-state index contributed by atoms with van der Waals surface area (Å²) in [5, 5.41) is 2.87. The molecule has 1 aliphatic heterocycles. The molecule has 1 saturated heterocycles. The lowest BCUT2D eigenvalue weighted by atomic mass is 10.6. The Bertz CT molecular complexity index is 326. The van der Waals surface area contributed by atoms with E-state index in [1.165, 1.54) is 6.92 Å². The Balaban J connectivity index is 2.54. The van der Waals surface area contributed by atoms with Gasteiger partial charge in [-0.25, -0.2) is 9.80 Å². The molecule has 0 bridgehead atoms. The summed E-state index contributed by atoms with van der Waals surface area (Å²) < 4.78 is 0. The maximum atomic E-state index is 10.9. The fourth-order valence-corrected chi connectivity index (χ4v) is 0.796. The number of carbonyl (C=O) groups is 3. The molecule has 0 aliphatic carbocycles. The highest BCUT2D eigenvalue weighted by Crippen LogP contribution is 1.92. The first-order chi connectivity index (χ1) is 6.13. The van der Waals surface area contributed by atoms with Crippen LogP contribution in [0, 0.1) is 11.8 Å². The smallest absolute Gasteiger partial charge is 0.275 e. The van der Waals surface area contributed by atoms with E-state index in [2.05, 4.69) is 17.3 Å². The Labute approximate surface area is 74.2 Å². The summed E-state index contributed by atoms with van der Waals surface area (Å²) in [5.41, 5.74) is 2.15. The lowest BCUT2D eigenvalue weighted by Crippen LogP contribution is -2.43. The van der Waals surface area contributed by atoms with Gasteiger partial charge < -0.3 is 0 Å². The minimum absolute atomic E-state index is 0.171. The second-order valence-electron chi connectivity index (χ2n) is 2.26. The molecule has 0 unspecified atom stereocenters. The zero-order chi connectivity index (χ0) is 9.84. The van der Waals surface area contributed by atoms with Crippen LogP contribution in [-0.2, 0) is 9.59 Å². The summed E-state index contributed by atoms with van der Waals surface area (Å²) in [5.74, 6) is 3.47. The number of amides is 4. The normalized spacial score (nSPS) is 14.7. The predicted octanol–water partition coefficient (Wildman–Crippen LogP) is -1.41. The van der Waals surface area contributed by atoms with Crippen LogP contribution < -0.4 is 10.7 Å². The maximum Gasteiger partial charge on any atom is 0.343 e. The van der Waals surface area contributed by atoms with Crippen molar-refractivity contribution in [1.82, 2.24) is 15.8 Å². The van der Waals surface area contributed by atoms with Crippen molar-refractivity contribution in [2.45, 2.75) is 6.92 Å². The number of nitrogens with zero attached hydrogens (tertiary/aromatic N) is 1. The van der Waals surface area contributed by atoms with Gasteiger partial charge in [-0.05, 0) is 12.8 Å². The number of urea groups is 1. The Morgan fingerprint density at radius 2 is 2.31 bits per heavy atom. The van der Waals surface area contributed by atoms with Crippen LogP contribution in [0.2, 0.25) is 0 Å². The van der Waals surface area contributed by atoms with Gasteiger partial charge in [0.25, 0.3) is 0 Å². The number of imide groups is 1. The number of nitrogens with one attached hydrogen (secondary N) is 2. The van der Waals surface area contributed by atoms with E-state index < -0.39 is 17.8 Å². The van der Waals surface area contributed by atoms with E-state index in [4.69, 9.17) is 0 Å². The number of hydrazine groups is 1. The zero-order valence-corrected chi connectivity index (χ0v) is 6.88. The van der Waals surface area contributed by atoms with E-state index in [1.54, 1.807) is 0 Å². The average molecular weight is 181 g/mol. The molecule has 1 aliphatic rings. The van der Waals surface area contributed by atoms with Gasteiger partial charge in [-0.2, -0.15) is 0 Å². The number of rotatable bonds is 1. The molecule has 4 amide bonds. The molecule has 0 aromatic carbocycles. The quantitative estimate of drug-likeness (QED) is 0.385. The van der Waals surface area contributed by atoms with Crippen LogP contribution in [0.3, 0.4) is 0 Å². The van der Waals surface area contributed by atoms with Crippen molar-refractivity contribution < 1.29 is 14.4 Å². The minimum atomic E-state index is -0.642. The summed E-state index contributed by atoms with van der Waals surface area (Å²) in [6.07, 6.45) is 0. The van der Waals surface area contributed by atoms with Crippen LogP contribution in [0.25, 0.3) is 0 Å². The van der Waals surface area contributed by atoms with E-state index in [-0.39, 0.29) is 6.54 Å². The van der Waals surface area contributed by atoms with Gasteiger partial charge >= 0.3 is 11.9 Å². The standard InChI is InChI=1S/C7H7N3O3/c1-2-3-5(11)9-10-4-6(12)8-7(10)13/h4H2,1H3,(H,9,11)(H,8,12,13). The van der Waals surface area contributed by atoms with Crippen LogP contribution in [-0.4, -0.2) is 29.4 Å². The summed E-state index contributed by atoms with van der Waals surface area (Å²) in [7, 11) is 0. The van der Waals surface area contributed by atoms with Crippen LogP contribution >= 0.6 is 0 Å². The Morgan fingerprint density at radius 1 is 1.62 bits per heavy atom. The van der Waals surface area contributed by atoms with Crippen LogP contribution in [0.5, 0.6) is 0 Å². The first kappa shape index (κ1) is 9.06. The summed E-state index contributed by atoms with van der Waals surface area (Å²) in [6, 6.07) is -0.642. The van der Waals surface area contributed by atoms with Crippen molar-refractivity contribution in [3.8, 4) is 11.8 Å². The minimum Gasteiger partial charge on any atom is -0.275 e. The molecule has 1 rings (SSSR count). The molecule has 2 N–H and O–H groups in total. The molecule has 1 heterocycles. The molecule has 0 spiro atoms. The van der Waals surface area contributed by atoms with Gasteiger partial charge in [-0.15, -0.1) is 0 Å². The largest absolute Gasteiger partial charge is 0.343 e. The molecule has 68 valence electrons. The van der Waals surface area contributed by atoms with Crippen molar-refractivity contribution in [3.05, 3.63) is 0 Å². The Morgan fingerprint density at radius 3 is 2.77 bits per heavy atom. The number of hydrogen-bond acceptors (Lipinski definition) is 3. The molecular formula is C7H7N3O3. The third-order valence-electron chi connectivity index (χ3n) is 1.27. The van der Waals surface area contributed by atoms with Gasteiger partial charge in [0.05, 0.1) is 0 Å². The van der Waals surface area contributed by atoms with Gasteiger partial charge in [-0.1, -0.05) is 5.92 Å². The molecular weight excluding hydrogens is 174 g/mol. The first-order valence-electron chi connectivity index (χ1n) is 3.48. The van der Waals surface area contributed by atoms with Crippen LogP contribution in [0.4, 0.5) is 4.79 Å². The van der Waals surface area contributed by atoms with E-state index in [0.29, 0.717) is 0 Å². The van der Waals surface area contributed by atoms with Crippen molar-refractivity contribution in [3.63, 3.8) is 0 Å². The monoisotopic (exact) mass is 181 g/mol. The predicted molar refractivity (Wildman–Crippen MR) is 41.8 cm³/mol. The van der Waals surface area contributed by atoms with Crippen molar-refractivity contribution in [2.24, 2.45) is 0 Å². The molecule has 0 aromatic heterocycles. The van der Waals surface area contributed by atoms with Crippen LogP contribution in [0.1, 0.15) is 6.92 Å². The SMILES string of the molecule is CC#CC(=O)NN1CC(=O)NC1=O. The molecule has 6 heteroatoms. The van der Waals surface area contributed by atoms with Gasteiger partial charge in [0.1, 0.15) is 6.54 Å². The third kappa shape index (κ3) is 2.20. The summed E-state index contributed by atoms with van der Waals surface area (Å²) in [4.78, 5) is 32.3. The number of hydrogen-bond donors (Lipinski definition) is 2.